The number of benzene rings is 2. The topological polar surface area (TPSA) is 72.9 Å². The molecule has 1 aliphatic heterocycles. The summed E-state index contributed by atoms with van der Waals surface area (Å²) in [6, 6.07) is 10.4. The molecule has 1 saturated heterocycles. The number of halogens is 1. The number of aromatic nitrogens is 2. The molecule has 3 aromatic rings. The number of carbonyl (C=O) groups excluding carboxylic acids is 1. The van der Waals surface area contributed by atoms with Gasteiger partial charge in [-0.3, -0.25) is 4.79 Å². The van der Waals surface area contributed by atoms with Crippen LogP contribution in [0.5, 0.6) is 0 Å². The molecule has 1 unspecified atom stereocenters. The molecule has 1 amide bonds. The van der Waals surface area contributed by atoms with Gasteiger partial charge in [0.05, 0.1) is 5.69 Å². The van der Waals surface area contributed by atoms with Crippen molar-refractivity contribution < 1.29 is 10.6 Å². The first kappa shape index (κ1) is 14.6. The standard InChI is InChI=1S/C19H19FN4O/c20-16-8-5-14-11-24(23-18(14)17(16)19(21)25)15-6-3-12(4-7-15)13-2-1-9-22-10-13/h3-8,11,13,22H,1-2,9-10H2,(H2,21,25)/i13D. The smallest absolute Gasteiger partial charge is 0.253 e. The van der Waals surface area contributed by atoms with Crippen molar-refractivity contribution in [3.8, 4) is 5.69 Å². The van der Waals surface area contributed by atoms with Gasteiger partial charge in [-0.05, 0) is 55.1 Å². The zero-order valence-corrected chi connectivity index (χ0v) is 13.6. The van der Waals surface area contributed by atoms with Crippen LogP contribution in [0.2, 0.25) is 0 Å². The van der Waals surface area contributed by atoms with Gasteiger partial charge in [-0.25, -0.2) is 9.07 Å². The Hall–Kier alpha value is -2.73. The molecule has 0 bridgehead atoms. The van der Waals surface area contributed by atoms with Crippen LogP contribution in [0.25, 0.3) is 16.6 Å². The first-order chi connectivity index (χ1) is 12.5. The summed E-state index contributed by atoms with van der Waals surface area (Å²) in [5.41, 5.74) is 7.06. The van der Waals surface area contributed by atoms with Gasteiger partial charge >= 0.3 is 0 Å². The average Bonchev–Trinajstić information content (AvgIpc) is 3.06. The lowest BCUT2D eigenvalue weighted by Gasteiger charge is -2.23. The maximum Gasteiger partial charge on any atom is 0.253 e. The summed E-state index contributed by atoms with van der Waals surface area (Å²) in [6.45, 7) is 1.59. The molecule has 1 fully saturated rings. The number of carbonyl (C=O) groups is 1. The lowest BCUT2D eigenvalue weighted by atomic mass is 9.92. The maximum atomic E-state index is 13.9. The number of nitrogens with one attached hydrogen (secondary N) is 1. The second-order valence-corrected chi connectivity index (χ2v) is 6.23. The molecule has 1 atom stereocenters. The van der Waals surface area contributed by atoms with Crippen LogP contribution < -0.4 is 11.1 Å². The van der Waals surface area contributed by atoms with Gasteiger partial charge in [0.1, 0.15) is 16.9 Å². The Morgan fingerprint density at radius 3 is 2.80 bits per heavy atom. The van der Waals surface area contributed by atoms with Gasteiger partial charge in [0.25, 0.3) is 5.91 Å². The van der Waals surface area contributed by atoms with E-state index < -0.39 is 17.6 Å². The fraction of sp³-hybridized carbons (Fsp3) is 0.263. The fourth-order valence-electron chi connectivity index (χ4n) is 3.28. The molecule has 4 rings (SSSR count). The number of hydrogen-bond donors (Lipinski definition) is 2. The summed E-state index contributed by atoms with van der Waals surface area (Å²) in [6.07, 6.45) is 3.54. The highest BCUT2D eigenvalue weighted by atomic mass is 19.1. The SMILES string of the molecule is [2H]C1(c2ccc(-n3cc4ccc(F)c(C(N)=O)c4n3)cc2)CCCNC1. The zero-order chi connectivity index (χ0) is 18.3. The highest BCUT2D eigenvalue weighted by Gasteiger charge is 2.17. The van der Waals surface area contributed by atoms with Gasteiger partial charge in [-0.1, -0.05) is 12.1 Å². The van der Waals surface area contributed by atoms with E-state index >= 15 is 0 Å². The molecular formula is C19H19FN4O. The summed E-state index contributed by atoms with van der Waals surface area (Å²) < 4.78 is 24.1. The predicted octanol–water partition coefficient (Wildman–Crippen LogP) is 2.73. The Morgan fingerprint density at radius 1 is 1.32 bits per heavy atom. The van der Waals surface area contributed by atoms with Gasteiger partial charge in [-0.15, -0.1) is 0 Å². The highest BCUT2D eigenvalue weighted by Crippen LogP contribution is 2.25. The second kappa shape index (κ2) is 6.29. The summed E-state index contributed by atoms with van der Waals surface area (Å²) in [5, 5.41) is 8.25. The number of hydrogen-bond acceptors (Lipinski definition) is 3. The van der Waals surface area contributed by atoms with Crippen molar-refractivity contribution in [2.24, 2.45) is 5.73 Å². The summed E-state index contributed by atoms with van der Waals surface area (Å²) in [5.74, 6) is -2.13. The van der Waals surface area contributed by atoms with E-state index in [1.165, 1.54) is 6.07 Å². The third kappa shape index (κ3) is 2.89. The minimum Gasteiger partial charge on any atom is -0.365 e. The first-order valence-electron chi connectivity index (χ1n) is 8.77. The van der Waals surface area contributed by atoms with Crippen molar-refractivity contribution in [1.29, 1.82) is 0 Å². The van der Waals surface area contributed by atoms with Gasteiger partial charge in [-0.2, -0.15) is 5.10 Å². The van der Waals surface area contributed by atoms with Crippen molar-refractivity contribution in [1.82, 2.24) is 15.1 Å². The molecule has 128 valence electrons. The van der Waals surface area contributed by atoms with Crippen LogP contribution in [0, 0.1) is 5.82 Å². The van der Waals surface area contributed by atoms with Crippen LogP contribution in [0.4, 0.5) is 4.39 Å². The van der Waals surface area contributed by atoms with E-state index in [4.69, 9.17) is 7.10 Å². The number of piperidine rings is 1. The molecule has 0 spiro atoms. The molecular weight excluding hydrogens is 319 g/mol. The molecule has 25 heavy (non-hydrogen) atoms. The predicted molar refractivity (Wildman–Crippen MR) is 94.4 cm³/mol. The van der Waals surface area contributed by atoms with Crippen LogP contribution in [0.3, 0.4) is 0 Å². The van der Waals surface area contributed by atoms with E-state index in [0.717, 1.165) is 30.6 Å². The molecule has 1 aromatic heterocycles. The number of nitrogens with two attached hydrogens (primary N) is 1. The lowest BCUT2D eigenvalue weighted by molar-refractivity contribution is 0.0998. The summed E-state index contributed by atoms with van der Waals surface area (Å²) in [4.78, 5) is 11.5. The second-order valence-electron chi connectivity index (χ2n) is 6.23. The van der Waals surface area contributed by atoms with Gasteiger partial charge in [0.15, 0.2) is 0 Å². The maximum absolute atomic E-state index is 13.9. The Morgan fingerprint density at radius 2 is 2.12 bits per heavy atom. The zero-order valence-electron chi connectivity index (χ0n) is 14.6. The molecule has 0 saturated carbocycles. The number of amides is 1. The van der Waals surface area contributed by atoms with Crippen molar-refractivity contribution in [3.63, 3.8) is 0 Å². The van der Waals surface area contributed by atoms with E-state index in [1.54, 1.807) is 16.9 Å². The van der Waals surface area contributed by atoms with Crippen molar-refractivity contribution in [3.05, 3.63) is 59.5 Å². The molecule has 2 heterocycles. The van der Waals surface area contributed by atoms with E-state index in [9.17, 15) is 9.18 Å². The number of fused-ring (bicyclic) bond motifs is 1. The Bertz CT molecular complexity index is 977. The van der Waals surface area contributed by atoms with Crippen LogP contribution in [-0.4, -0.2) is 28.8 Å². The van der Waals surface area contributed by atoms with E-state index in [-0.39, 0.29) is 11.1 Å². The fourth-order valence-corrected chi connectivity index (χ4v) is 3.28. The summed E-state index contributed by atoms with van der Waals surface area (Å²) in [7, 11) is 0. The monoisotopic (exact) mass is 339 g/mol. The minimum atomic E-state index is -0.838. The molecule has 2 aromatic carbocycles. The minimum absolute atomic E-state index is 0.198. The van der Waals surface area contributed by atoms with Crippen LogP contribution in [0.15, 0.2) is 42.6 Å². The molecule has 0 aliphatic carbocycles. The Kier molecular flexibility index (Phi) is 3.67. The lowest BCUT2D eigenvalue weighted by Crippen LogP contribution is -2.28. The van der Waals surface area contributed by atoms with Crippen LogP contribution >= 0.6 is 0 Å². The third-order valence-corrected chi connectivity index (χ3v) is 4.58. The Balaban J connectivity index is 1.72. The van der Waals surface area contributed by atoms with E-state index in [1.807, 2.05) is 24.3 Å². The average molecular weight is 339 g/mol. The number of primary amides is 1. The Labute approximate surface area is 146 Å². The van der Waals surface area contributed by atoms with Crippen molar-refractivity contribution in [2.75, 3.05) is 13.1 Å². The largest absolute Gasteiger partial charge is 0.365 e. The van der Waals surface area contributed by atoms with Crippen LogP contribution in [0.1, 0.15) is 36.0 Å². The summed E-state index contributed by atoms with van der Waals surface area (Å²) >= 11 is 0. The molecule has 0 radical (unpaired) electrons. The molecule has 1 aliphatic rings. The third-order valence-electron chi connectivity index (χ3n) is 4.58. The molecule has 3 N–H and O–H groups in total. The van der Waals surface area contributed by atoms with Crippen molar-refractivity contribution >= 4 is 16.8 Å². The first-order valence-corrected chi connectivity index (χ1v) is 8.27. The van der Waals surface area contributed by atoms with E-state index in [2.05, 4.69) is 10.4 Å². The van der Waals surface area contributed by atoms with Crippen molar-refractivity contribution in [2.45, 2.75) is 18.7 Å². The highest BCUT2D eigenvalue weighted by molar-refractivity contribution is 6.04. The number of nitrogens with zero attached hydrogens (tertiary/aromatic N) is 2. The molecule has 5 nitrogen and oxygen atoms in total. The van der Waals surface area contributed by atoms with Gasteiger partial charge < -0.3 is 11.1 Å². The molecule has 6 heteroatoms. The number of rotatable bonds is 3. The van der Waals surface area contributed by atoms with Gasteiger partial charge in [0, 0.05) is 19.5 Å². The van der Waals surface area contributed by atoms with Crippen LogP contribution in [-0.2, 0) is 0 Å². The quantitative estimate of drug-likeness (QED) is 0.771. The van der Waals surface area contributed by atoms with Gasteiger partial charge in [0.2, 0.25) is 0 Å². The van der Waals surface area contributed by atoms with E-state index in [0.29, 0.717) is 11.9 Å². The normalized spacial score (nSPS) is 21.2.